The molecule has 3 aliphatic heterocycles. The van der Waals surface area contributed by atoms with Gasteiger partial charge in [0.05, 0.1) is 25.5 Å². The van der Waals surface area contributed by atoms with Gasteiger partial charge in [0.2, 0.25) is 5.96 Å². The number of carbonyl (C=O) groups excluding carboxylic acids is 2. The molecule has 1 aromatic rings. The molecular formula is C23H24N4O4. The van der Waals surface area contributed by atoms with Crippen molar-refractivity contribution in [2.75, 3.05) is 32.9 Å². The van der Waals surface area contributed by atoms with Gasteiger partial charge >= 0.3 is 0 Å². The summed E-state index contributed by atoms with van der Waals surface area (Å²) in [5, 5.41) is 0. The molecule has 160 valence electrons. The number of morpholine rings is 1. The van der Waals surface area contributed by atoms with E-state index in [0.29, 0.717) is 74.4 Å². The number of nitrogens with zero attached hydrogens (tertiary/aromatic N) is 4. The number of aliphatic imine (C=N–C) groups is 3. The Labute approximate surface area is 180 Å². The summed E-state index contributed by atoms with van der Waals surface area (Å²) >= 11 is 0. The van der Waals surface area contributed by atoms with Crippen molar-refractivity contribution < 1.29 is 19.1 Å². The molecule has 0 spiro atoms. The molecule has 0 aromatic heterocycles. The number of dihydropyridines is 1. The number of benzene rings is 1. The van der Waals surface area contributed by atoms with Crippen LogP contribution in [0.1, 0.15) is 31.7 Å². The van der Waals surface area contributed by atoms with Crippen molar-refractivity contribution in [1.29, 1.82) is 0 Å². The molecule has 1 saturated heterocycles. The minimum atomic E-state index is -0.775. The average molecular weight is 420 g/mol. The lowest BCUT2D eigenvalue weighted by Crippen LogP contribution is -2.44. The zero-order valence-electron chi connectivity index (χ0n) is 17.5. The van der Waals surface area contributed by atoms with Gasteiger partial charge in [0.15, 0.2) is 5.78 Å². The van der Waals surface area contributed by atoms with E-state index in [-0.39, 0.29) is 11.7 Å². The average Bonchev–Trinajstić information content (AvgIpc) is 2.79. The number of carbonyl (C=O) groups is 2. The fourth-order valence-corrected chi connectivity index (χ4v) is 4.47. The summed E-state index contributed by atoms with van der Waals surface area (Å²) in [4.78, 5) is 41.9. The molecule has 1 aliphatic carbocycles. The molecule has 1 saturated carbocycles. The van der Waals surface area contributed by atoms with Crippen LogP contribution in [0, 0.1) is 5.92 Å². The molecule has 1 amide bonds. The highest BCUT2D eigenvalue weighted by Crippen LogP contribution is 2.39. The predicted octanol–water partition coefficient (Wildman–Crippen LogP) is 2.29. The van der Waals surface area contributed by atoms with Crippen LogP contribution in [-0.2, 0) is 14.3 Å². The van der Waals surface area contributed by atoms with Crippen LogP contribution in [0.4, 0.5) is 0 Å². The van der Waals surface area contributed by atoms with Crippen molar-refractivity contribution in [3.05, 3.63) is 35.4 Å². The lowest BCUT2D eigenvalue weighted by Gasteiger charge is -2.33. The number of guanidine groups is 1. The topological polar surface area (TPSA) is 92.9 Å². The van der Waals surface area contributed by atoms with Crippen LogP contribution in [0.3, 0.4) is 0 Å². The third-order valence-electron chi connectivity index (χ3n) is 5.87. The van der Waals surface area contributed by atoms with Gasteiger partial charge in [0.25, 0.3) is 5.91 Å². The number of amidine groups is 1. The Kier molecular flexibility index (Phi) is 5.23. The number of hydrogen-bond acceptors (Lipinski definition) is 7. The van der Waals surface area contributed by atoms with Crippen LogP contribution in [-0.4, -0.2) is 67.0 Å². The highest BCUT2D eigenvalue weighted by molar-refractivity contribution is 6.37. The van der Waals surface area contributed by atoms with E-state index in [0.717, 1.165) is 17.7 Å². The molecule has 1 aromatic carbocycles. The maximum absolute atomic E-state index is 13.3. The number of fused-ring (bicyclic) bond motifs is 2. The second-order valence-corrected chi connectivity index (χ2v) is 7.84. The van der Waals surface area contributed by atoms with E-state index in [1.807, 2.05) is 36.1 Å². The molecule has 5 rings (SSSR count). The maximum Gasteiger partial charge on any atom is 0.264 e. The van der Waals surface area contributed by atoms with Crippen molar-refractivity contribution in [3.8, 4) is 5.75 Å². The zero-order valence-corrected chi connectivity index (χ0v) is 17.5. The van der Waals surface area contributed by atoms with Crippen LogP contribution in [0.15, 0.2) is 44.8 Å². The number of allylic oxidation sites excluding steroid dienone is 1. The number of hydrogen-bond donors (Lipinski definition) is 0. The lowest BCUT2D eigenvalue weighted by atomic mass is 9.77. The Morgan fingerprint density at radius 1 is 1.13 bits per heavy atom. The van der Waals surface area contributed by atoms with Gasteiger partial charge < -0.3 is 14.4 Å². The maximum atomic E-state index is 13.3. The van der Waals surface area contributed by atoms with E-state index in [1.165, 1.54) is 0 Å². The highest BCUT2D eigenvalue weighted by atomic mass is 16.5. The number of amides is 1. The van der Waals surface area contributed by atoms with Crippen molar-refractivity contribution in [2.45, 2.75) is 26.2 Å². The van der Waals surface area contributed by atoms with E-state index in [4.69, 9.17) is 14.5 Å². The molecule has 8 nitrogen and oxygen atoms in total. The Morgan fingerprint density at radius 2 is 1.97 bits per heavy atom. The van der Waals surface area contributed by atoms with Crippen molar-refractivity contribution in [2.24, 2.45) is 20.9 Å². The molecule has 2 fully saturated rings. The summed E-state index contributed by atoms with van der Waals surface area (Å²) in [6.07, 6.45) is 1.90. The van der Waals surface area contributed by atoms with Crippen LogP contribution in [0.5, 0.6) is 5.75 Å². The van der Waals surface area contributed by atoms with E-state index in [1.54, 1.807) is 0 Å². The molecule has 0 N–H and O–H groups in total. The first-order chi connectivity index (χ1) is 15.2. The summed E-state index contributed by atoms with van der Waals surface area (Å²) < 4.78 is 11.1. The highest BCUT2D eigenvalue weighted by Gasteiger charge is 2.42. The van der Waals surface area contributed by atoms with E-state index in [2.05, 4.69) is 9.98 Å². The van der Waals surface area contributed by atoms with Crippen LogP contribution < -0.4 is 4.74 Å². The molecule has 3 heterocycles. The van der Waals surface area contributed by atoms with Gasteiger partial charge in [-0.25, -0.2) is 4.99 Å². The number of ether oxygens (including phenoxy) is 2. The van der Waals surface area contributed by atoms with Gasteiger partial charge in [-0.05, 0) is 43.0 Å². The molecule has 31 heavy (non-hydrogen) atoms. The molecule has 0 radical (unpaired) electrons. The SMILES string of the molecule is CCOc1cccc(C2=C3C(=O)CCCC3=NC3=NC(N4CCOCC4)=NC(=O)C32)c1. The Balaban J connectivity index is 1.62. The molecule has 0 bridgehead atoms. The van der Waals surface area contributed by atoms with E-state index in [9.17, 15) is 9.59 Å². The first-order valence-corrected chi connectivity index (χ1v) is 10.8. The van der Waals surface area contributed by atoms with Gasteiger partial charge in [0.1, 0.15) is 17.5 Å². The van der Waals surface area contributed by atoms with Gasteiger partial charge in [-0.15, -0.1) is 0 Å². The molecular weight excluding hydrogens is 396 g/mol. The van der Waals surface area contributed by atoms with Crippen molar-refractivity contribution in [3.63, 3.8) is 0 Å². The first-order valence-electron chi connectivity index (χ1n) is 10.8. The summed E-state index contributed by atoms with van der Waals surface area (Å²) in [5.74, 6) is 0.416. The Bertz CT molecular complexity index is 1060. The number of rotatable bonds is 3. The predicted molar refractivity (Wildman–Crippen MR) is 117 cm³/mol. The minimum absolute atomic E-state index is 0.0246. The van der Waals surface area contributed by atoms with Gasteiger partial charge in [-0.2, -0.15) is 9.98 Å². The largest absolute Gasteiger partial charge is 0.494 e. The van der Waals surface area contributed by atoms with Crippen LogP contribution in [0.25, 0.3) is 5.57 Å². The van der Waals surface area contributed by atoms with Gasteiger partial charge in [-0.3, -0.25) is 9.59 Å². The molecule has 1 unspecified atom stereocenters. The smallest absolute Gasteiger partial charge is 0.264 e. The monoisotopic (exact) mass is 420 g/mol. The second kappa shape index (κ2) is 8.19. The number of ketones is 1. The molecule has 4 aliphatic rings. The van der Waals surface area contributed by atoms with Crippen LogP contribution in [0.2, 0.25) is 0 Å². The van der Waals surface area contributed by atoms with Crippen LogP contribution >= 0.6 is 0 Å². The zero-order chi connectivity index (χ0) is 21.4. The minimum Gasteiger partial charge on any atom is -0.494 e. The van der Waals surface area contributed by atoms with Gasteiger partial charge in [0, 0.05) is 25.1 Å². The normalized spacial score (nSPS) is 23.6. The van der Waals surface area contributed by atoms with Crippen molar-refractivity contribution >= 4 is 34.8 Å². The summed E-state index contributed by atoms with van der Waals surface area (Å²) in [5.41, 5.74) is 2.71. The lowest BCUT2D eigenvalue weighted by molar-refractivity contribution is -0.118. The van der Waals surface area contributed by atoms with E-state index >= 15 is 0 Å². The fourth-order valence-electron chi connectivity index (χ4n) is 4.47. The van der Waals surface area contributed by atoms with Gasteiger partial charge in [-0.1, -0.05) is 12.1 Å². The van der Waals surface area contributed by atoms with E-state index < -0.39 is 5.92 Å². The third kappa shape index (κ3) is 3.61. The summed E-state index contributed by atoms with van der Waals surface area (Å²) in [6.45, 7) is 4.86. The quantitative estimate of drug-likeness (QED) is 0.748. The second-order valence-electron chi connectivity index (χ2n) is 7.84. The molecule has 8 heteroatoms. The fraction of sp³-hybridized carbons (Fsp3) is 0.435. The Morgan fingerprint density at radius 3 is 2.77 bits per heavy atom. The Hall–Kier alpha value is -3.13. The standard InChI is InChI=1S/C23H24N4O4/c1-2-31-15-6-3-5-14(13-15)18-19-16(7-4-8-17(19)28)24-21-20(18)22(29)26-23(25-21)27-9-11-30-12-10-27/h3,5-6,13,20H,2,4,7-12H2,1H3. The third-order valence-corrected chi connectivity index (χ3v) is 5.87. The first kappa shape index (κ1) is 19.8. The summed E-state index contributed by atoms with van der Waals surface area (Å²) in [6, 6.07) is 7.52. The summed E-state index contributed by atoms with van der Waals surface area (Å²) in [7, 11) is 0. The molecule has 1 atom stereocenters. The number of Topliss-reactive ketones (excluding diaryl/α,β-unsaturated/α-hetero) is 1. The van der Waals surface area contributed by atoms with Crippen molar-refractivity contribution in [1.82, 2.24) is 4.90 Å².